The highest BCUT2D eigenvalue weighted by molar-refractivity contribution is 8.00. The number of hydrogen-bond donors (Lipinski definition) is 3. The average molecular weight is 585 g/mol. The number of aliphatic carboxylic acids is 2. The van der Waals surface area contributed by atoms with Gasteiger partial charge in [-0.3, -0.25) is 19.3 Å². The molecule has 0 spiro atoms. The molecule has 0 aliphatic carbocycles. The number of carboxylic acids is 2. The molecule has 3 N–H and O–H groups in total. The Morgan fingerprint density at radius 3 is 2.12 bits per heavy atom. The summed E-state index contributed by atoms with van der Waals surface area (Å²) in [6.45, 7) is 8.16. The monoisotopic (exact) mass is 584 g/mol. The van der Waals surface area contributed by atoms with E-state index in [2.05, 4.69) is 36.5 Å². The van der Waals surface area contributed by atoms with Crippen molar-refractivity contribution < 1.29 is 34.2 Å². The first-order chi connectivity index (χ1) is 19.5. The number of hydrogen-bond acceptors (Lipinski definition) is 6. The first kappa shape index (κ1) is 33.5. The molecule has 0 radical (unpaired) electrons. The number of amides is 3. The smallest absolute Gasteiger partial charge is 0.327 e. The van der Waals surface area contributed by atoms with Crippen LogP contribution in [0.3, 0.4) is 0 Å². The molecule has 1 aliphatic heterocycles. The van der Waals surface area contributed by atoms with Crippen LogP contribution in [0.2, 0.25) is 0 Å². The molecule has 0 saturated heterocycles. The van der Waals surface area contributed by atoms with Gasteiger partial charge in [-0.15, -0.1) is 0 Å². The number of rotatable bonds is 17. The Bertz CT molecular complexity index is 1190. The Morgan fingerprint density at radius 1 is 0.951 bits per heavy atom. The summed E-state index contributed by atoms with van der Waals surface area (Å²) >= 11 is 1.39. The molecule has 2 rings (SSSR count). The maximum Gasteiger partial charge on any atom is 0.327 e. The van der Waals surface area contributed by atoms with Gasteiger partial charge >= 0.3 is 11.9 Å². The zero-order valence-corrected chi connectivity index (χ0v) is 24.9. The van der Waals surface area contributed by atoms with Crippen LogP contribution < -0.4 is 5.32 Å². The molecule has 3 amide bonds. The van der Waals surface area contributed by atoms with Crippen molar-refractivity contribution in [1.29, 1.82) is 0 Å². The highest BCUT2D eigenvalue weighted by Crippen LogP contribution is 2.26. The highest BCUT2D eigenvalue weighted by Gasteiger charge is 2.42. The number of fused-ring (bicyclic) bond motifs is 1. The summed E-state index contributed by atoms with van der Waals surface area (Å²) in [4.78, 5) is 62.3. The van der Waals surface area contributed by atoms with Crippen LogP contribution in [-0.4, -0.2) is 67.9 Å². The second kappa shape index (κ2) is 16.6. The summed E-state index contributed by atoms with van der Waals surface area (Å²) in [5, 5.41) is 21.8. The highest BCUT2D eigenvalue weighted by atomic mass is 32.2. The third-order valence-electron chi connectivity index (χ3n) is 6.72. The summed E-state index contributed by atoms with van der Waals surface area (Å²) in [6, 6.07) is 3.32. The molecule has 0 fully saturated rings. The van der Waals surface area contributed by atoms with E-state index in [1.807, 2.05) is 20.8 Å². The second-order valence-electron chi connectivity index (χ2n) is 10.1. The van der Waals surface area contributed by atoms with Crippen LogP contribution in [0.25, 0.3) is 0 Å². The molecule has 10 heteroatoms. The lowest BCUT2D eigenvalue weighted by Crippen LogP contribution is -2.46. The third-order valence-corrected chi connectivity index (χ3v) is 7.91. The summed E-state index contributed by atoms with van der Waals surface area (Å²) < 4.78 is 0. The molecular formula is C31H40N2O7S. The Labute approximate surface area is 245 Å². The fourth-order valence-corrected chi connectivity index (χ4v) is 5.52. The summed E-state index contributed by atoms with van der Waals surface area (Å²) in [6.07, 6.45) is 11.8. The molecule has 1 aliphatic rings. The van der Waals surface area contributed by atoms with Crippen LogP contribution >= 0.6 is 11.8 Å². The van der Waals surface area contributed by atoms with Crippen molar-refractivity contribution >= 4 is 41.4 Å². The average Bonchev–Trinajstić information content (AvgIpc) is 3.16. The van der Waals surface area contributed by atoms with Gasteiger partial charge < -0.3 is 15.5 Å². The van der Waals surface area contributed by atoms with Crippen molar-refractivity contribution in [3.63, 3.8) is 0 Å². The van der Waals surface area contributed by atoms with E-state index in [0.717, 1.165) is 25.7 Å². The molecule has 9 nitrogen and oxygen atoms in total. The van der Waals surface area contributed by atoms with Crippen LogP contribution in [-0.2, 0) is 14.4 Å². The topological polar surface area (TPSA) is 141 Å². The number of benzene rings is 1. The standard InChI is InChI=1S/C31H40N2O7S/c1-5-6-7-11-20(2)12-10-13-21(3)18-22(4)41-19-25(30(37)38)32-27(34)17-16-26(31(39)40)33-28(35)23-14-8-9-15-24(23)29(33)36/h5-6,8-9,12,14-15,18,22,25-26H,7,10-11,13,16-17,19H2,1-4H3,(H,32,34)(H,37,38)(H,39,40)/b6-5?,20-12+,21-18+/t22?,25-,26-/m0/s1. The SMILES string of the molecule is CC=CCC/C(C)=C/CC/C(C)=C/C(C)SC[C@H](NC(=O)CC[C@@H](C(=O)O)N1C(=O)c2ccccc2C1=O)C(=O)O. The maximum absolute atomic E-state index is 12.7. The van der Waals surface area contributed by atoms with E-state index < -0.39 is 41.7 Å². The Morgan fingerprint density at radius 2 is 1.56 bits per heavy atom. The Balaban J connectivity index is 1.87. The van der Waals surface area contributed by atoms with Gasteiger partial charge in [-0.2, -0.15) is 11.8 Å². The fourth-order valence-electron chi connectivity index (χ4n) is 4.47. The lowest BCUT2D eigenvalue weighted by Gasteiger charge is -2.22. The Kier molecular flexibility index (Phi) is 13.6. The number of carbonyl (C=O) groups excluding carboxylic acids is 3. The molecule has 1 aromatic rings. The van der Waals surface area contributed by atoms with Crippen LogP contribution in [0.4, 0.5) is 0 Å². The van der Waals surface area contributed by atoms with Crippen molar-refractivity contribution in [2.45, 2.75) is 83.6 Å². The van der Waals surface area contributed by atoms with Crippen LogP contribution in [0.1, 0.15) is 86.9 Å². The van der Waals surface area contributed by atoms with Crippen molar-refractivity contribution in [1.82, 2.24) is 10.2 Å². The molecule has 0 aromatic heterocycles. The minimum absolute atomic E-state index is 0.0266. The number of thioether (sulfide) groups is 1. The molecule has 3 atom stereocenters. The minimum Gasteiger partial charge on any atom is -0.480 e. The lowest BCUT2D eigenvalue weighted by atomic mass is 10.1. The van der Waals surface area contributed by atoms with Crippen LogP contribution in [0, 0.1) is 0 Å². The van der Waals surface area contributed by atoms with Crippen LogP contribution in [0.15, 0.2) is 59.7 Å². The van der Waals surface area contributed by atoms with Gasteiger partial charge in [-0.05, 0) is 71.9 Å². The molecule has 1 heterocycles. The third kappa shape index (κ3) is 10.4. The van der Waals surface area contributed by atoms with Gasteiger partial charge in [0.25, 0.3) is 11.8 Å². The van der Waals surface area contributed by atoms with E-state index in [-0.39, 0.29) is 35.0 Å². The zero-order chi connectivity index (χ0) is 30.5. The number of carboxylic acid groups (broad SMARTS) is 2. The van der Waals surface area contributed by atoms with Crippen LogP contribution in [0.5, 0.6) is 0 Å². The maximum atomic E-state index is 12.7. The summed E-state index contributed by atoms with van der Waals surface area (Å²) in [7, 11) is 0. The first-order valence-electron chi connectivity index (χ1n) is 13.7. The second-order valence-corrected chi connectivity index (χ2v) is 11.5. The van der Waals surface area contributed by atoms with Gasteiger partial charge in [0.2, 0.25) is 5.91 Å². The van der Waals surface area contributed by atoms with Gasteiger partial charge in [0.1, 0.15) is 12.1 Å². The fraction of sp³-hybridized carbons (Fsp3) is 0.452. The lowest BCUT2D eigenvalue weighted by molar-refractivity contribution is -0.143. The van der Waals surface area contributed by atoms with Gasteiger partial charge in [0, 0.05) is 17.4 Å². The van der Waals surface area contributed by atoms with E-state index in [1.165, 1.54) is 35.0 Å². The first-order valence-corrected chi connectivity index (χ1v) is 14.8. The van der Waals surface area contributed by atoms with Crippen molar-refractivity contribution in [3.05, 3.63) is 70.8 Å². The number of imide groups is 1. The molecule has 0 bridgehead atoms. The molecule has 41 heavy (non-hydrogen) atoms. The van der Waals surface area contributed by atoms with Crippen molar-refractivity contribution in [3.8, 4) is 0 Å². The predicted octanol–water partition coefficient (Wildman–Crippen LogP) is 5.24. The van der Waals surface area contributed by atoms with Crippen molar-refractivity contribution in [2.24, 2.45) is 0 Å². The van der Waals surface area contributed by atoms with Gasteiger partial charge in [0.15, 0.2) is 0 Å². The number of carbonyl (C=O) groups is 5. The molecule has 1 unspecified atom stereocenters. The van der Waals surface area contributed by atoms with E-state index in [1.54, 1.807) is 12.1 Å². The predicted molar refractivity (Wildman–Crippen MR) is 160 cm³/mol. The van der Waals surface area contributed by atoms with E-state index in [0.29, 0.717) is 4.90 Å². The number of allylic oxidation sites excluding steroid dienone is 5. The molecule has 1 aromatic carbocycles. The molecule has 0 saturated carbocycles. The largest absolute Gasteiger partial charge is 0.480 e. The van der Waals surface area contributed by atoms with Crippen molar-refractivity contribution in [2.75, 3.05) is 5.75 Å². The summed E-state index contributed by atoms with van der Waals surface area (Å²) in [5.74, 6) is -4.63. The normalized spacial score (nSPS) is 16.0. The van der Waals surface area contributed by atoms with E-state index >= 15 is 0 Å². The van der Waals surface area contributed by atoms with Gasteiger partial charge in [0.05, 0.1) is 11.1 Å². The van der Waals surface area contributed by atoms with Gasteiger partial charge in [-0.1, -0.05) is 47.6 Å². The Hall–Kier alpha value is -3.66. The molecular weight excluding hydrogens is 544 g/mol. The molecule has 222 valence electrons. The van der Waals surface area contributed by atoms with E-state index in [9.17, 15) is 34.2 Å². The quantitative estimate of drug-likeness (QED) is 0.167. The zero-order valence-electron chi connectivity index (χ0n) is 24.1. The summed E-state index contributed by atoms with van der Waals surface area (Å²) in [5.41, 5.74) is 2.78. The van der Waals surface area contributed by atoms with E-state index in [4.69, 9.17) is 0 Å². The minimum atomic E-state index is -1.55. The van der Waals surface area contributed by atoms with Gasteiger partial charge in [-0.25, -0.2) is 9.59 Å². The number of nitrogens with zero attached hydrogens (tertiary/aromatic N) is 1. The number of nitrogens with one attached hydrogen (secondary N) is 1.